The fourth-order valence-electron chi connectivity index (χ4n) is 2.03. The summed E-state index contributed by atoms with van der Waals surface area (Å²) in [5.74, 6) is 0. The first kappa shape index (κ1) is 13.8. The second kappa shape index (κ2) is 5.57. The van der Waals surface area contributed by atoms with Gasteiger partial charge in [-0.2, -0.15) is 13.2 Å². The number of benzene rings is 1. The zero-order valence-electron chi connectivity index (χ0n) is 10.5. The number of aromatic nitrogens is 1. The topological polar surface area (TPSA) is 24.9 Å². The summed E-state index contributed by atoms with van der Waals surface area (Å²) < 4.78 is 37.2. The average molecular weight is 268 g/mol. The van der Waals surface area contributed by atoms with E-state index in [0.29, 0.717) is 5.69 Å². The number of hydrogen-bond donors (Lipinski definition) is 1. The highest BCUT2D eigenvalue weighted by atomic mass is 19.4. The van der Waals surface area contributed by atoms with E-state index in [2.05, 4.69) is 10.3 Å². The van der Waals surface area contributed by atoms with Crippen molar-refractivity contribution >= 4 is 10.9 Å². The highest BCUT2D eigenvalue weighted by Gasteiger charge is 2.31. The molecule has 2 rings (SSSR count). The minimum absolute atomic E-state index is 0.265. The number of hydrogen-bond acceptors (Lipinski definition) is 2. The van der Waals surface area contributed by atoms with Crippen molar-refractivity contribution in [3.8, 4) is 0 Å². The standard InChI is InChI=1S/C14H15F3N2/c1-18-12(9-14(15,16)17)8-11-7-6-10-4-2-3-5-13(10)19-11/h2-7,12,18H,8-9H2,1H3. The van der Waals surface area contributed by atoms with E-state index in [4.69, 9.17) is 0 Å². The maximum absolute atomic E-state index is 12.4. The molecule has 0 aliphatic heterocycles. The van der Waals surface area contributed by atoms with Gasteiger partial charge in [0.15, 0.2) is 0 Å². The van der Waals surface area contributed by atoms with E-state index in [0.717, 1.165) is 10.9 Å². The van der Waals surface area contributed by atoms with Gasteiger partial charge in [0.1, 0.15) is 0 Å². The molecule has 5 heteroatoms. The van der Waals surface area contributed by atoms with Crippen LogP contribution in [0.3, 0.4) is 0 Å². The summed E-state index contributed by atoms with van der Waals surface area (Å²) in [5, 5.41) is 3.68. The van der Waals surface area contributed by atoms with Gasteiger partial charge in [0.2, 0.25) is 0 Å². The molecule has 19 heavy (non-hydrogen) atoms. The number of nitrogens with one attached hydrogen (secondary N) is 1. The number of alkyl halides is 3. The summed E-state index contributed by atoms with van der Waals surface area (Å²) in [6.45, 7) is 0. The second-order valence-corrected chi connectivity index (χ2v) is 4.50. The zero-order valence-corrected chi connectivity index (χ0v) is 10.5. The smallest absolute Gasteiger partial charge is 0.316 e. The van der Waals surface area contributed by atoms with E-state index >= 15 is 0 Å². The molecule has 0 fully saturated rings. The fourth-order valence-corrected chi connectivity index (χ4v) is 2.03. The Morgan fingerprint density at radius 2 is 1.89 bits per heavy atom. The largest absolute Gasteiger partial charge is 0.390 e. The summed E-state index contributed by atoms with van der Waals surface area (Å²) in [5.41, 5.74) is 1.48. The van der Waals surface area contributed by atoms with Gasteiger partial charge in [-0.3, -0.25) is 4.98 Å². The van der Waals surface area contributed by atoms with Crippen LogP contribution in [0.2, 0.25) is 0 Å². The molecule has 0 saturated carbocycles. The van der Waals surface area contributed by atoms with Gasteiger partial charge in [0.25, 0.3) is 0 Å². The molecule has 102 valence electrons. The van der Waals surface area contributed by atoms with Gasteiger partial charge in [-0.05, 0) is 19.2 Å². The lowest BCUT2D eigenvalue weighted by Crippen LogP contribution is -2.33. The fraction of sp³-hybridized carbons (Fsp3) is 0.357. The molecule has 0 aliphatic rings. The number of fused-ring (bicyclic) bond motifs is 1. The Balaban J connectivity index is 2.15. The predicted molar refractivity (Wildman–Crippen MR) is 69.0 cm³/mol. The Bertz CT molecular complexity index is 552. The molecule has 1 atom stereocenters. The minimum Gasteiger partial charge on any atom is -0.316 e. The van der Waals surface area contributed by atoms with Crippen molar-refractivity contribution < 1.29 is 13.2 Å². The lowest BCUT2D eigenvalue weighted by atomic mass is 10.1. The molecule has 1 unspecified atom stereocenters. The second-order valence-electron chi connectivity index (χ2n) is 4.50. The first-order chi connectivity index (χ1) is 8.98. The van der Waals surface area contributed by atoms with Crippen LogP contribution in [0.1, 0.15) is 12.1 Å². The van der Waals surface area contributed by atoms with Crippen LogP contribution >= 0.6 is 0 Å². The maximum atomic E-state index is 12.4. The molecule has 1 N–H and O–H groups in total. The Morgan fingerprint density at radius 1 is 1.16 bits per heavy atom. The van der Waals surface area contributed by atoms with E-state index in [1.54, 1.807) is 6.07 Å². The SMILES string of the molecule is CNC(Cc1ccc2ccccc2n1)CC(F)(F)F. The summed E-state index contributed by atoms with van der Waals surface area (Å²) in [6, 6.07) is 10.6. The molecule has 0 amide bonds. The van der Waals surface area contributed by atoms with Gasteiger partial charge in [0.05, 0.1) is 11.9 Å². The van der Waals surface area contributed by atoms with Gasteiger partial charge in [-0.15, -0.1) is 0 Å². The van der Waals surface area contributed by atoms with Crippen molar-refractivity contribution in [2.45, 2.75) is 25.1 Å². The Labute approximate surface area is 109 Å². The van der Waals surface area contributed by atoms with E-state index in [9.17, 15) is 13.2 Å². The monoisotopic (exact) mass is 268 g/mol. The van der Waals surface area contributed by atoms with Crippen molar-refractivity contribution in [2.75, 3.05) is 7.05 Å². The Kier molecular flexibility index (Phi) is 4.04. The molecule has 1 aromatic carbocycles. The zero-order chi connectivity index (χ0) is 13.9. The number of pyridine rings is 1. The van der Waals surface area contributed by atoms with E-state index < -0.39 is 18.6 Å². The molecule has 0 saturated heterocycles. The number of rotatable bonds is 4. The van der Waals surface area contributed by atoms with Gasteiger partial charge in [-0.25, -0.2) is 0 Å². The third-order valence-corrected chi connectivity index (χ3v) is 3.00. The summed E-state index contributed by atoms with van der Waals surface area (Å²) >= 11 is 0. The van der Waals surface area contributed by atoms with Gasteiger partial charge in [0, 0.05) is 23.5 Å². The van der Waals surface area contributed by atoms with Crippen LogP contribution in [0.15, 0.2) is 36.4 Å². The van der Waals surface area contributed by atoms with Crippen LogP contribution in [0.4, 0.5) is 13.2 Å². The molecule has 2 nitrogen and oxygen atoms in total. The summed E-state index contributed by atoms with van der Waals surface area (Å²) in [4.78, 5) is 4.39. The molecule has 0 aliphatic carbocycles. The van der Waals surface area contributed by atoms with Crippen LogP contribution in [0.25, 0.3) is 10.9 Å². The van der Waals surface area contributed by atoms with E-state index in [1.165, 1.54) is 7.05 Å². The lowest BCUT2D eigenvalue weighted by Gasteiger charge is -2.17. The molecule has 1 aromatic heterocycles. The minimum atomic E-state index is -4.16. The summed E-state index contributed by atoms with van der Waals surface area (Å²) in [6.07, 6.45) is -4.75. The van der Waals surface area contributed by atoms with Crippen molar-refractivity contribution in [3.63, 3.8) is 0 Å². The van der Waals surface area contributed by atoms with Crippen molar-refractivity contribution in [3.05, 3.63) is 42.1 Å². The molecular formula is C14H15F3N2. The number of likely N-dealkylation sites (N-methyl/N-ethyl adjacent to an activating group) is 1. The first-order valence-corrected chi connectivity index (χ1v) is 6.06. The van der Waals surface area contributed by atoms with Crippen LogP contribution in [-0.2, 0) is 6.42 Å². The van der Waals surface area contributed by atoms with E-state index in [-0.39, 0.29) is 6.42 Å². The van der Waals surface area contributed by atoms with Gasteiger partial charge >= 0.3 is 6.18 Å². The van der Waals surface area contributed by atoms with Gasteiger partial charge < -0.3 is 5.32 Å². The molecular weight excluding hydrogens is 253 g/mol. The van der Waals surface area contributed by atoms with Crippen LogP contribution in [-0.4, -0.2) is 24.2 Å². The van der Waals surface area contributed by atoms with Crippen LogP contribution in [0.5, 0.6) is 0 Å². The van der Waals surface area contributed by atoms with E-state index in [1.807, 2.05) is 30.3 Å². The Morgan fingerprint density at radius 3 is 2.58 bits per heavy atom. The van der Waals surface area contributed by atoms with Crippen LogP contribution < -0.4 is 5.32 Å². The molecule has 0 spiro atoms. The normalized spacial score (nSPS) is 13.7. The molecule has 1 heterocycles. The summed E-state index contributed by atoms with van der Waals surface area (Å²) in [7, 11) is 1.54. The average Bonchev–Trinajstić information content (AvgIpc) is 2.36. The number of halogens is 3. The van der Waals surface area contributed by atoms with Crippen molar-refractivity contribution in [2.24, 2.45) is 0 Å². The highest BCUT2D eigenvalue weighted by Crippen LogP contribution is 2.23. The van der Waals surface area contributed by atoms with Crippen LogP contribution in [0, 0.1) is 0 Å². The number of para-hydroxylation sites is 1. The van der Waals surface area contributed by atoms with Gasteiger partial charge in [-0.1, -0.05) is 24.3 Å². The predicted octanol–water partition coefficient (Wildman–Crippen LogP) is 3.32. The first-order valence-electron chi connectivity index (χ1n) is 6.06. The highest BCUT2D eigenvalue weighted by molar-refractivity contribution is 5.78. The molecule has 2 aromatic rings. The van der Waals surface area contributed by atoms with Crippen molar-refractivity contribution in [1.29, 1.82) is 0 Å². The molecule has 0 bridgehead atoms. The lowest BCUT2D eigenvalue weighted by molar-refractivity contribution is -0.139. The Hall–Kier alpha value is -1.62. The third-order valence-electron chi connectivity index (χ3n) is 3.00. The maximum Gasteiger partial charge on any atom is 0.390 e. The third kappa shape index (κ3) is 3.92. The van der Waals surface area contributed by atoms with Crippen molar-refractivity contribution in [1.82, 2.24) is 10.3 Å². The molecule has 0 radical (unpaired) electrons. The number of nitrogens with zero attached hydrogens (tertiary/aromatic N) is 1. The quantitative estimate of drug-likeness (QED) is 0.920.